The maximum atomic E-state index is 14.0. The van der Waals surface area contributed by atoms with Crippen molar-refractivity contribution in [3.05, 3.63) is 70.9 Å². The molecule has 1 aromatic carbocycles. The summed E-state index contributed by atoms with van der Waals surface area (Å²) in [6, 6.07) is 4.84. The average molecular weight is 504 g/mol. The first-order valence-corrected chi connectivity index (χ1v) is 12.1. The van der Waals surface area contributed by atoms with Gasteiger partial charge in [-0.1, -0.05) is 29.3 Å². The zero-order valence-corrected chi connectivity index (χ0v) is 20.6. The number of rotatable bonds is 8. The van der Waals surface area contributed by atoms with Gasteiger partial charge in [-0.25, -0.2) is 9.37 Å². The van der Waals surface area contributed by atoms with Gasteiger partial charge in [-0.3, -0.25) is 4.68 Å². The van der Waals surface area contributed by atoms with Crippen LogP contribution in [0.5, 0.6) is 5.75 Å². The molecule has 1 aliphatic rings. The lowest BCUT2D eigenvalue weighted by Crippen LogP contribution is -2.35. The summed E-state index contributed by atoms with van der Waals surface area (Å²) in [6.07, 6.45) is 10.0. The highest BCUT2D eigenvalue weighted by molar-refractivity contribution is 6.36. The number of nitrogen functional groups attached to an aromatic ring is 1. The number of halogens is 3. The zero-order valence-electron chi connectivity index (χ0n) is 19.1. The molecular formula is C25H28Cl2FN5O. The second-order valence-electron chi connectivity index (χ2n) is 8.48. The third kappa shape index (κ3) is 5.37. The molecule has 0 aliphatic carbocycles. The first kappa shape index (κ1) is 24.5. The fourth-order valence-corrected chi connectivity index (χ4v) is 4.92. The van der Waals surface area contributed by atoms with Crippen LogP contribution in [0.25, 0.3) is 11.1 Å². The van der Waals surface area contributed by atoms with E-state index in [2.05, 4.69) is 21.6 Å². The van der Waals surface area contributed by atoms with Gasteiger partial charge < -0.3 is 15.4 Å². The van der Waals surface area contributed by atoms with E-state index in [1.165, 1.54) is 12.1 Å². The number of hydrogen-bond donors (Lipinski definition) is 1. The van der Waals surface area contributed by atoms with Crippen LogP contribution in [0.2, 0.25) is 10.0 Å². The van der Waals surface area contributed by atoms with Crippen molar-refractivity contribution in [3.8, 4) is 16.9 Å². The van der Waals surface area contributed by atoms with Crippen LogP contribution in [0.15, 0.2) is 49.4 Å². The van der Waals surface area contributed by atoms with Crippen molar-refractivity contribution in [1.82, 2.24) is 19.7 Å². The first-order valence-electron chi connectivity index (χ1n) is 11.3. The SMILES string of the molecule is C=CCCN1CCC(n2cc(-c3cnc(N)c(O[C@H](C)c4c(Cl)ccc(F)c4Cl)c3)cn2)CC1. The van der Waals surface area contributed by atoms with Gasteiger partial charge >= 0.3 is 0 Å². The van der Waals surface area contributed by atoms with Crippen molar-refractivity contribution < 1.29 is 9.13 Å². The third-order valence-corrected chi connectivity index (χ3v) is 6.90. The highest BCUT2D eigenvalue weighted by atomic mass is 35.5. The van der Waals surface area contributed by atoms with Crippen molar-refractivity contribution >= 4 is 29.0 Å². The van der Waals surface area contributed by atoms with Crippen molar-refractivity contribution in [2.45, 2.75) is 38.3 Å². The molecule has 1 atom stereocenters. The Labute approximate surface area is 209 Å². The van der Waals surface area contributed by atoms with E-state index in [1.54, 1.807) is 19.2 Å². The third-order valence-electron chi connectivity index (χ3n) is 6.19. The van der Waals surface area contributed by atoms with E-state index in [0.29, 0.717) is 22.4 Å². The molecule has 0 bridgehead atoms. The van der Waals surface area contributed by atoms with Crippen molar-refractivity contribution in [2.24, 2.45) is 0 Å². The molecule has 6 nitrogen and oxygen atoms in total. The van der Waals surface area contributed by atoms with Crippen molar-refractivity contribution in [2.75, 3.05) is 25.4 Å². The van der Waals surface area contributed by atoms with E-state index in [1.807, 2.05) is 23.2 Å². The number of likely N-dealkylation sites (tertiary alicyclic amines) is 1. The summed E-state index contributed by atoms with van der Waals surface area (Å²) in [5, 5.41) is 4.85. The molecule has 2 aromatic heterocycles. The van der Waals surface area contributed by atoms with Crippen LogP contribution >= 0.6 is 23.2 Å². The summed E-state index contributed by atoms with van der Waals surface area (Å²) in [5.74, 6) is 0.0264. The normalized spacial score (nSPS) is 15.9. The molecule has 0 radical (unpaired) electrons. The molecule has 34 heavy (non-hydrogen) atoms. The lowest BCUT2D eigenvalue weighted by atomic mass is 10.0. The summed E-state index contributed by atoms with van der Waals surface area (Å²) in [6.45, 7) is 8.71. The molecule has 0 amide bonds. The largest absolute Gasteiger partial charge is 0.482 e. The summed E-state index contributed by atoms with van der Waals surface area (Å²) in [5.41, 5.74) is 8.16. The van der Waals surface area contributed by atoms with E-state index in [0.717, 1.165) is 50.0 Å². The van der Waals surface area contributed by atoms with Gasteiger partial charge in [0.25, 0.3) is 0 Å². The smallest absolute Gasteiger partial charge is 0.166 e. The van der Waals surface area contributed by atoms with E-state index >= 15 is 0 Å². The van der Waals surface area contributed by atoms with Crippen LogP contribution in [0.3, 0.4) is 0 Å². The standard InChI is InChI=1S/C25H28Cl2FN5O/c1-3-4-9-32-10-7-19(8-11-32)33-15-18(14-31-33)17-12-22(25(29)30-13-17)34-16(2)23-20(26)5-6-21(28)24(23)27/h3,5-6,12-16,19H,1,4,7-11H2,2H3,(H2,29,30)/t16-/m1/s1. The Morgan fingerprint density at radius 1 is 1.26 bits per heavy atom. The van der Waals surface area contributed by atoms with Gasteiger partial charge in [0.15, 0.2) is 11.6 Å². The highest BCUT2D eigenvalue weighted by Gasteiger charge is 2.22. The van der Waals surface area contributed by atoms with Crippen LogP contribution in [0.1, 0.15) is 43.9 Å². The number of hydrogen-bond acceptors (Lipinski definition) is 5. The Hall–Kier alpha value is -2.61. The Bertz CT molecular complexity index is 1160. The topological polar surface area (TPSA) is 69.2 Å². The molecule has 1 fully saturated rings. The summed E-state index contributed by atoms with van der Waals surface area (Å²) < 4.78 is 22.0. The molecule has 0 unspecified atom stereocenters. The molecule has 1 aliphatic heterocycles. The number of anilines is 1. The van der Waals surface area contributed by atoms with Gasteiger partial charge in [0, 0.05) is 53.7 Å². The second-order valence-corrected chi connectivity index (χ2v) is 9.27. The van der Waals surface area contributed by atoms with Gasteiger partial charge in [0.2, 0.25) is 0 Å². The lowest BCUT2D eigenvalue weighted by Gasteiger charge is -2.31. The Morgan fingerprint density at radius 2 is 2.03 bits per heavy atom. The molecular weight excluding hydrogens is 476 g/mol. The second kappa shape index (κ2) is 10.8. The fraction of sp³-hybridized carbons (Fsp3) is 0.360. The van der Waals surface area contributed by atoms with Gasteiger partial charge in [0.1, 0.15) is 11.9 Å². The van der Waals surface area contributed by atoms with Crippen LogP contribution in [-0.4, -0.2) is 39.3 Å². The fourth-order valence-electron chi connectivity index (χ4n) is 4.24. The summed E-state index contributed by atoms with van der Waals surface area (Å²) in [4.78, 5) is 6.75. The average Bonchev–Trinajstić information content (AvgIpc) is 3.32. The van der Waals surface area contributed by atoms with E-state index < -0.39 is 11.9 Å². The molecule has 3 aromatic rings. The minimum atomic E-state index is -0.635. The Morgan fingerprint density at radius 3 is 2.76 bits per heavy atom. The van der Waals surface area contributed by atoms with E-state index in [-0.39, 0.29) is 10.8 Å². The first-order chi connectivity index (χ1) is 16.4. The summed E-state index contributed by atoms with van der Waals surface area (Å²) >= 11 is 12.4. The molecule has 3 heterocycles. The number of nitrogens with two attached hydrogens (primary N) is 1. The minimum Gasteiger partial charge on any atom is -0.482 e. The number of piperidine rings is 1. The highest BCUT2D eigenvalue weighted by Crippen LogP contribution is 2.37. The molecule has 1 saturated heterocycles. The van der Waals surface area contributed by atoms with E-state index in [4.69, 9.17) is 33.7 Å². The molecule has 0 saturated carbocycles. The van der Waals surface area contributed by atoms with E-state index in [9.17, 15) is 4.39 Å². The summed E-state index contributed by atoms with van der Waals surface area (Å²) in [7, 11) is 0. The van der Waals surface area contributed by atoms with Crippen LogP contribution in [-0.2, 0) is 0 Å². The number of nitrogens with zero attached hydrogens (tertiary/aromatic N) is 4. The monoisotopic (exact) mass is 503 g/mol. The number of pyridine rings is 1. The van der Waals surface area contributed by atoms with Gasteiger partial charge in [-0.05, 0) is 44.4 Å². The molecule has 4 rings (SSSR count). The predicted octanol–water partition coefficient (Wildman–Crippen LogP) is 6.33. The lowest BCUT2D eigenvalue weighted by molar-refractivity contribution is 0.182. The number of benzene rings is 1. The van der Waals surface area contributed by atoms with Crippen LogP contribution < -0.4 is 10.5 Å². The minimum absolute atomic E-state index is 0.0699. The molecule has 9 heteroatoms. The maximum absolute atomic E-state index is 14.0. The Balaban J connectivity index is 1.49. The quantitative estimate of drug-likeness (QED) is 0.287. The Kier molecular flexibility index (Phi) is 7.76. The van der Waals surface area contributed by atoms with Gasteiger partial charge in [-0.2, -0.15) is 5.10 Å². The number of ether oxygens (including phenoxy) is 1. The maximum Gasteiger partial charge on any atom is 0.166 e. The van der Waals surface area contributed by atoms with Crippen molar-refractivity contribution in [1.29, 1.82) is 0 Å². The number of aromatic nitrogens is 3. The van der Waals surface area contributed by atoms with Gasteiger partial charge in [-0.15, -0.1) is 6.58 Å². The zero-order chi connectivity index (χ0) is 24.2. The van der Waals surface area contributed by atoms with Crippen molar-refractivity contribution in [3.63, 3.8) is 0 Å². The van der Waals surface area contributed by atoms with Crippen LogP contribution in [0, 0.1) is 5.82 Å². The van der Waals surface area contributed by atoms with Crippen LogP contribution in [0.4, 0.5) is 10.2 Å². The molecule has 180 valence electrons. The van der Waals surface area contributed by atoms with Gasteiger partial charge in [0.05, 0.1) is 17.3 Å². The predicted molar refractivity (Wildman–Crippen MR) is 135 cm³/mol. The molecule has 2 N–H and O–H groups in total. The molecule has 0 spiro atoms.